The van der Waals surface area contributed by atoms with E-state index in [1.807, 2.05) is 18.2 Å². The molecule has 2 aliphatic heterocycles. The highest BCUT2D eigenvalue weighted by Crippen LogP contribution is 2.30. The minimum Gasteiger partial charge on any atom is -0.490 e. The van der Waals surface area contributed by atoms with E-state index >= 15 is 0 Å². The number of carbonyl (C=O) groups excluding carboxylic acids is 2. The molecule has 1 aromatic heterocycles. The Morgan fingerprint density at radius 2 is 2.03 bits per heavy atom. The summed E-state index contributed by atoms with van der Waals surface area (Å²) in [5, 5.41) is 2.99. The predicted molar refractivity (Wildman–Crippen MR) is 108 cm³/mol. The quantitative estimate of drug-likeness (QED) is 0.834. The van der Waals surface area contributed by atoms with Gasteiger partial charge in [-0.2, -0.15) is 0 Å². The summed E-state index contributed by atoms with van der Waals surface area (Å²) >= 11 is 0. The SMILES string of the molecule is CC(C)c1ccc2c(c1)NC(=O)CN1CCN(C(=O)c3cncnc3)C[C@H]1CO2. The zero-order chi connectivity index (χ0) is 20.4. The van der Waals surface area contributed by atoms with Gasteiger partial charge in [0, 0.05) is 32.0 Å². The van der Waals surface area contributed by atoms with E-state index < -0.39 is 0 Å². The fourth-order valence-corrected chi connectivity index (χ4v) is 3.73. The number of nitrogens with one attached hydrogen (secondary N) is 1. The number of aromatic nitrogens is 2. The second-order valence-corrected chi connectivity index (χ2v) is 7.77. The van der Waals surface area contributed by atoms with Crippen molar-refractivity contribution < 1.29 is 14.3 Å². The van der Waals surface area contributed by atoms with Crippen LogP contribution in [-0.4, -0.2) is 70.4 Å². The minimum atomic E-state index is -0.100. The molecule has 152 valence electrons. The van der Waals surface area contributed by atoms with Crippen molar-refractivity contribution in [1.82, 2.24) is 19.8 Å². The summed E-state index contributed by atoms with van der Waals surface area (Å²) in [7, 11) is 0. The molecule has 4 rings (SSSR count). The van der Waals surface area contributed by atoms with Gasteiger partial charge in [-0.15, -0.1) is 0 Å². The van der Waals surface area contributed by atoms with E-state index in [-0.39, 0.29) is 24.4 Å². The molecule has 1 aromatic carbocycles. The highest BCUT2D eigenvalue weighted by atomic mass is 16.5. The summed E-state index contributed by atoms with van der Waals surface area (Å²) in [6, 6.07) is 5.84. The summed E-state index contributed by atoms with van der Waals surface area (Å²) in [6.45, 7) is 6.54. The van der Waals surface area contributed by atoms with Gasteiger partial charge in [0.2, 0.25) is 5.91 Å². The van der Waals surface area contributed by atoms with Crippen LogP contribution in [0, 0.1) is 0 Å². The van der Waals surface area contributed by atoms with E-state index in [9.17, 15) is 9.59 Å². The standard InChI is InChI=1S/C21H25N5O3/c1-14(2)15-3-4-19-18(7-15)24-20(27)11-25-5-6-26(10-17(25)12-29-19)21(28)16-8-22-13-23-9-16/h3-4,7-9,13-14,17H,5-6,10-12H2,1-2H3,(H,24,27)/t17-/m0/s1. The number of benzene rings is 1. The highest BCUT2D eigenvalue weighted by molar-refractivity contribution is 5.94. The fourth-order valence-electron chi connectivity index (χ4n) is 3.73. The summed E-state index contributed by atoms with van der Waals surface area (Å²) in [4.78, 5) is 37.1. The van der Waals surface area contributed by atoms with E-state index in [1.54, 1.807) is 4.90 Å². The predicted octanol–water partition coefficient (Wildman–Crippen LogP) is 1.76. The van der Waals surface area contributed by atoms with Crippen molar-refractivity contribution in [3.8, 4) is 5.75 Å². The molecule has 3 heterocycles. The van der Waals surface area contributed by atoms with Crippen molar-refractivity contribution >= 4 is 17.5 Å². The van der Waals surface area contributed by atoms with Crippen LogP contribution >= 0.6 is 0 Å². The molecule has 2 aliphatic rings. The maximum atomic E-state index is 12.8. The lowest BCUT2D eigenvalue weighted by Gasteiger charge is -2.40. The first-order valence-corrected chi connectivity index (χ1v) is 9.86. The number of amides is 2. The Morgan fingerprint density at radius 1 is 1.24 bits per heavy atom. The monoisotopic (exact) mass is 395 g/mol. The molecule has 2 amide bonds. The number of piperazine rings is 1. The molecule has 0 spiro atoms. The molecule has 0 radical (unpaired) electrons. The van der Waals surface area contributed by atoms with Gasteiger partial charge in [-0.3, -0.25) is 14.5 Å². The number of fused-ring (bicyclic) bond motifs is 2. The van der Waals surface area contributed by atoms with Gasteiger partial charge in [0.15, 0.2) is 0 Å². The van der Waals surface area contributed by atoms with Crippen molar-refractivity contribution in [2.75, 3.05) is 38.1 Å². The van der Waals surface area contributed by atoms with Gasteiger partial charge in [-0.1, -0.05) is 19.9 Å². The third-order valence-corrected chi connectivity index (χ3v) is 5.42. The lowest BCUT2D eigenvalue weighted by atomic mass is 10.0. The van der Waals surface area contributed by atoms with E-state index in [0.717, 1.165) is 5.56 Å². The Morgan fingerprint density at radius 3 is 2.79 bits per heavy atom. The maximum absolute atomic E-state index is 12.8. The van der Waals surface area contributed by atoms with Crippen LogP contribution in [0.25, 0.3) is 0 Å². The molecule has 1 saturated heterocycles. The van der Waals surface area contributed by atoms with Gasteiger partial charge in [0.1, 0.15) is 18.7 Å². The molecule has 8 heteroatoms. The third kappa shape index (κ3) is 4.22. The average molecular weight is 395 g/mol. The molecule has 8 nitrogen and oxygen atoms in total. The Balaban J connectivity index is 1.53. The number of hydrogen-bond donors (Lipinski definition) is 1. The number of nitrogens with zero attached hydrogens (tertiary/aromatic N) is 4. The van der Waals surface area contributed by atoms with Crippen molar-refractivity contribution in [2.45, 2.75) is 25.8 Å². The molecule has 1 fully saturated rings. The molecule has 1 N–H and O–H groups in total. The molecular weight excluding hydrogens is 370 g/mol. The highest BCUT2D eigenvalue weighted by Gasteiger charge is 2.33. The lowest BCUT2D eigenvalue weighted by molar-refractivity contribution is -0.118. The van der Waals surface area contributed by atoms with Crippen LogP contribution in [0.1, 0.15) is 35.7 Å². The van der Waals surface area contributed by atoms with E-state index in [4.69, 9.17) is 4.74 Å². The second-order valence-electron chi connectivity index (χ2n) is 7.77. The van der Waals surface area contributed by atoms with E-state index in [0.29, 0.717) is 49.2 Å². The largest absolute Gasteiger partial charge is 0.490 e. The van der Waals surface area contributed by atoms with Crippen LogP contribution in [0.2, 0.25) is 0 Å². The smallest absolute Gasteiger partial charge is 0.257 e. The Kier molecular flexibility index (Phi) is 5.44. The van der Waals surface area contributed by atoms with Crippen LogP contribution in [0.5, 0.6) is 5.75 Å². The average Bonchev–Trinajstić information content (AvgIpc) is 2.79. The molecule has 29 heavy (non-hydrogen) atoms. The maximum Gasteiger partial charge on any atom is 0.257 e. The summed E-state index contributed by atoms with van der Waals surface area (Å²) in [6.07, 6.45) is 4.45. The van der Waals surface area contributed by atoms with Gasteiger partial charge in [0.05, 0.1) is 23.8 Å². The first kappa shape index (κ1) is 19.3. The number of ether oxygens (including phenoxy) is 1. The molecule has 0 aliphatic carbocycles. The van der Waals surface area contributed by atoms with Gasteiger partial charge in [-0.05, 0) is 23.6 Å². The van der Waals surface area contributed by atoms with Crippen LogP contribution in [-0.2, 0) is 4.79 Å². The van der Waals surface area contributed by atoms with E-state index in [1.165, 1.54) is 18.7 Å². The number of anilines is 1. The summed E-state index contributed by atoms with van der Waals surface area (Å²) in [5.41, 5.74) is 2.32. The van der Waals surface area contributed by atoms with Crippen LogP contribution < -0.4 is 10.1 Å². The lowest BCUT2D eigenvalue weighted by Crippen LogP contribution is -2.57. The third-order valence-electron chi connectivity index (χ3n) is 5.42. The number of hydrogen-bond acceptors (Lipinski definition) is 6. The normalized spacial score (nSPS) is 19.9. The van der Waals surface area contributed by atoms with Crippen LogP contribution in [0.3, 0.4) is 0 Å². The Labute approximate surface area is 169 Å². The van der Waals surface area contributed by atoms with Crippen LogP contribution in [0.4, 0.5) is 5.69 Å². The summed E-state index contributed by atoms with van der Waals surface area (Å²) < 4.78 is 6.08. The molecule has 0 bridgehead atoms. The molecule has 2 aromatic rings. The Hall–Kier alpha value is -3.00. The number of carbonyl (C=O) groups is 2. The van der Waals surface area contributed by atoms with Gasteiger partial charge < -0.3 is 15.0 Å². The zero-order valence-corrected chi connectivity index (χ0v) is 16.7. The summed E-state index contributed by atoms with van der Waals surface area (Å²) in [5.74, 6) is 0.845. The molecule has 0 unspecified atom stereocenters. The number of rotatable bonds is 2. The first-order chi connectivity index (χ1) is 14.0. The Bertz CT molecular complexity index is 902. The van der Waals surface area contributed by atoms with Gasteiger partial charge in [0.25, 0.3) is 5.91 Å². The topological polar surface area (TPSA) is 87.7 Å². The van der Waals surface area contributed by atoms with Crippen LogP contribution in [0.15, 0.2) is 36.9 Å². The molecular formula is C21H25N5O3. The van der Waals surface area contributed by atoms with Gasteiger partial charge in [-0.25, -0.2) is 9.97 Å². The van der Waals surface area contributed by atoms with Gasteiger partial charge >= 0.3 is 0 Å². The fraction of sp³-hybridized carbons (Fsp3) is 0.429. The van der Waals surface area contributed by atoms with Crippen molar-refractivity contribution in [2.24, 2.45) is 0 Å². The minimum absolute atomic E-state index is 0.0705. The van der Waals surface area contributed by atoms with Crippen molar-refractivity contribution in [1.29, 1.82) is 0 Å². The second kappa shape index (κ2) is 8.16. The molecule has 0 saturated carbocycles. The van der Waals surface area contributed by atoms with Crippen molar-refractivity contribution in [3.63, 3.8) is 0 Å². The zero-order valence-electron chi connectivity index (χ0n) is 16.7. The van der Waals surface area contributed by atoms with Crippen molar-refractivity contribution in [3.05, 3.63) is 48.0 Å². The molecule has 1 atom stereocenters. The first-order valence-electron chi connectivity index (χ1n) is 9.86. The van der Waals surface area contributed by atoms with E-state index in [2.05, 4.69) is 34.0 Å².